The molecule has 0 N–H and O–H groups in total. The molecule has 0 saturated carbocycles. The van der Waals surface area contributed by atoms with E-state index in [2.05, 4.69) is 0 Å². The summed E-state index contributed by atoms with van der Waals surface area (Å²) in [6, 6.07) is 0. The molecule has 0 bridgehead atoms. The number of carbonyl (C=O) groups is 2. The maximum absolute atomic E-state index is 11.5. The van der Waals surface area contributed by atoms with Crippen LogP contribution in [0.1, 0.15) is 39.5 Å². The fraction of sp³-hybridized carbons (Fsp3) is 0.667. The number of unbranched alkanes of at least 4 members (excludes halogenated alkanes) is 2. The van der Waals surface area contributed by atoms with E-state index in [9.17, 15) is 9.59 Å². The van der Waals surface area contributed by atoms with Crippen molar-refractivity contribution in [3.05, 3.63) is 12.2 Å². The quantitative estimate of drug-likeness (QED) is 0.473. The molecule has 1 heterocycles. The van der Waals surface area contributed by atoms with Crippen molar-refractivity contribution in [3.63, 3.8) is 0 Å². The molecule has 6 nitrogen and oxygen atoms in total. The Balaban J connectivity index is 2.71. The Morgan fingerprint density at radius 2 is 1.37 bits per heavy atom. The predicted molar refractivity (Wildman–Crippen MR) is 68.8 cm³/mol. The average molecular weight is 379 g/mol. The summed E-state index contributed by atoms with van der Waals surface area (Å²) in [5.41, 5.74) is 0. The molecular formula is C12H20O6Sn. The van der Waals surface area contributed by atoms with E-state index in [-0.39, 0.29) is 0 Å². The third-order valence-corrected chi connectivity index (χ3v) is 8.12. The van der Waals surface area contributed by atoms with Crippen LogP contribution in [0.5, 0.6) is 0 Å². The van der Waals surface area contributed by atoms with Crippen LogP contribution in [0, 0.1) is 0 Å². The van der Waals surface area contributed by atoms with E-state index in [1.54, 1.807) is 0 Å². The van der Waals surface area contributed by atoms with Crippen molar-refractivity contribution in [2.75, 3.05) is 13.2 Å². The van der Waals surface area contributed by atoms with Crippen LogP contribution in [0.4, 0.5) is 0 Å². The normalized spacial score (nSPS) is 17.8. The Labute approximate surface area is 119 Å². The molecule has 19 heavy (non-hydrogen) atoms. The van der Waals surface area contributed by atoms with Crippen molar-refractivity contribution in [1.29, 1.82) is 0 Å². The summed E-state index contributed by atoms with van der Waals surface area (Å²) in [7, 11) is 0. The third-order valence-electron chi connectivity index (χ3n) is 2.36. The molecular weight excluding hydrogens is 359 g/mol. The molecule has 0 spiro atoms. The Morgan fingerprint density at radius 1 is 0.947 bits per heavy atom. The summed E-state index contributed by atoms with van der Waals surface area (Å²) in [5.74, 6) is -1.29. The summed E-state index contributed by atoms with van der Waals surface area (Å²) in [5, 5.41) is 0. The van der Waals surface area contributed by atoms with Crippen LogP contribution in [0.25, 0.3) is 0 Å². The summed E-state index contributed by atoms with van der Waals surface area (Å²) in [6.45, 7) is 4.74. The Bertz CT molecular complexity index is 309. The SMILES string of the molecule is CCCC[O][Sn]1([O]CCCC)[O]C(=O)C=CC(=O)[O]1. The molecule has 0 aromatic rings. The van der Waals surface area contributed by atoms with Crippen molar-refractivity contribution in [3.8, 4) is 0 Å². The molecule has 0 aromatic carbocycles. The van der Waals surface area contributed by atoms with Gasteiger partial charge in [0.2, 0.25) is 0 Å². The second kappa shape index (κ2) is 8.55. The van der Waals surface area contributed by atoms with Crippen molar-refractivity contribution >= 4 is 32.0 Å². The first-order valence-corrected chi connectivity index (χ1v) is 11.2. The van der Waals surface area contributed by atoms with Crippen molar-refractivity contribution in [2.24, 2.45) is 0 Å². The van der Waals surface area contributed by atoms with Gasteiger partial charge in [-0.05, 0) is 0 Å². The molecule has 7 heteroatoms. The number of hydrogen-bond acceptors (Lipinski definition) is 6. The fourth-order valence-corrected chi connectivity index (χ4v) is 6.39. The van der Waals surface area contributed by atoms with Gasteiger partial charge in [-0.25, -0.2) is 0 Å². The molecule has 108 valence electrons. The van der Waals surface area contributed by atoms with E-state index in [1.807, 2.05) is 13.8 Å². The van der Waals surface area contributed by atoms with Gasteiger partial charge in [0, 0.05) is 0 Å². The van der Waals surface area contributed by atoms with Crippen LogP contribution in [0.15, 0.2) is 12.2 Å². The van der Waals surface area contributed by atoms with E-state index in [1.165, 1.54) is 0 Å². The Morgan fingerprint density at radius 3 is 1.74 bits per heavy atom. The number of carbonyl (C=O) groups excluding carboxylic acids is 2. The molecule has 1 rings (SSSR count). The summed E-state index contributed by atoms with van der Waals surface area (Å²) in [4.78, 5) is 22.9. The summed E-state index contributed by atoms with van der Waals surface area (Å²) >= 11 is -4.54. The molecule has 0 aliphatic carbocycles. The second-order valence-electron chi connectivity index (χ2n) is 4.08. The molecule has 0 amide bonds. The molecule has 1 aliphatic rings. The van der Waals surface area contributed by atoms with Crippen molar-refractivity contribution in [1.82, 2.24) is 0 Å². The Hall–Kier alpha value is -0.601. The number of rotatable bonds is 8. The van der Waals surface area contributed by atoms with Crippen molar-refractivity contribution in [2.45, 2.75) is 39.5 Å². The molecule has 1 aliphatic heterocycles. The van der Waals surface area contributed by atoms with Crippen LogP contribution in [-0.4, -0.2) is 45.2 Å². The van der Waals surface area contributed by atoms with Gasteiger partial charge in [0.25, 0.3) is 0 Å². The molecule has 0 aromatic heterocycles. The van der Waals surface area contributed by atoms with Crippen LogP contribution in [0.3, 0.4) is 0 Å². The predicted octanol–water partition coefficient (Wildman–Crippen LogP) is 1.71. The average Bonchev–Trinajstić information content (AvgIpc) is 2.50. The third kappa shape index (κ3) is 5.92. The fourth-order valence-electron chi connectivity index (χ4n) is 1.31. The minimum atomic E-state index is -4.54. The van der Waals surface area contributed by atoms with E-state index in [0.29, 0.717) is 13.2 Å². The first-order valence-electron chi connectivity index (χ1n) is 6.54. The van der Waals surface area contributed by atoms with Crippen LogP contribution < -0.4 is 0 Å². The van der Waals surface area contributed by atoms with Crippen molar-refractivity contribution < 1.29 is 21.9 Å². The van der Waals surface area contributed by atoms with Gasteiger partial charge in [0.1, 0.15) is 0 Å². The molecule has 0 fully saturated rings. The molecule has 0 radical (unpaired) electrons. The van der Waals surface area contributed by atoms with Gasteiger partial charge in [-0.2, -0.15) is 0 Å². The first-order chi connectivity index (χ1) is 9.12. The van der Waals surface area contributed by atoms with E-state index < -0.39 is 32.0 Å². The van der Waals surface area contributed by atoms with Gasteiger partial charge in [-0.3, -0.25) is 0 Å². The van der Waals surface area contributed by atoms with Gasteiger partial charge >= 0.3 is 119 Å². The van der Waals surface area contributed by atoms with Crippen LogP contribution in [-0.2, 0) is 21.9 Å². The summed E-state index contributed by atoms with van der Waals surface area (Å²) < 4.78 is 21.4. The first kappa shape index (κ1) is 16.5. The van der Waals surface area contributed by atoms with Crippen LogP contribution in [0.2, 0.25) is 0 Å². The zero-order valence-corrected chi connectivity index (χ0v) is 14.2. The van der Waals surface area contributed by atoms with Gasteiger partial charge in [0.15, 0.2) is 0 Å². The molecule has 0 unspecified atom stereocenters. The Kier molecular flexibility index (Phi) is 7.40. The molecule has 0 atom stereocenters. The minimum absolute atomic E-state index is 0.360. The topological polar surface area (TPSA) is 71.1 Å². The van der Waals surface area contributed by atoms with E-state index in [4.69, 9.17) is 12.3 Å². The summed E-state index contributed by atoms with van der Waals surface area (Å²) in [6.07, 6.45) is 5.51. The van der Waals surface area contributed by atoms with Gasteiger partial charge in [0.05, 0.1) is 0 Å². The monoisotopic (exact) mass is 380 g/mol. The van der Waals surface area contributed by atoms with Crippen LogP contribution >= 0.6 is 0 Å². The van der Waals surface area contributed by atoms with E-state index >= 15 is 0 Å². The number of hydrogen-bond donors (Lipinski definition) is 0. The van der Waals surface area contributed by atoms with Gasteiger partial charge in [-0.1, -0.05) is 0 Å². The van der Waals surface area contributed by atoms with Gasteiger partial charge in [-0.15, -0.1) is 0 Å². The molecule has 0 saturated heterocycles. The zero-order chi connectivity index (χ0) is 14.1. The van der Waals surface area contributed by atoms with Gasteiger partial charge < -0.3 is 0 Å². The standard InChI is InChI=1S/C4H4O4.2C4H9O.Sn/c5-3(6)1-2-4(7)8;2*1-2-3-4-5;/h1-2H,(H,5,6)(H,7,8);2*2-4H2,1H3;/q;2*-1;+4/p-2. The van der Waals surface area contributed by atoms with E-state index in [0.717, 1.165) is 37.8 Å². The zero-order valence-electron chi connectivity index (χ0n) is 11.3. The maximum atomic E-state index is 11.5. The second-order valence-corrected chi connectivity index (χ2v) is 9.75.